The molecule has 1 aromatic rings. The third-order valence-electron chi connectivity index (χ3n) is 3.42. The molecular weight excluding hydrogens is 299 g/mol. The van der Waals surface area contributed by atoms with Gasteiger partial charge in [0.05, 0.1) is 24.9 Å². The van der Waals surface area contributed by atoms with Crippen molar-refractivity contribution in [2.45, 2.75) is 32.4 Å². The molecule has 0 amide bonds. The molecule has 0 spiro atoms. The molecule has 1 fully saturated rings. The van der Waals surface area contributed by atoms with Gasteiger partial charge in [-0.2, -0.15) is 0 Å². The third kappa shape index (κ3) is 6.50. The smallest absolute Gasteiger partial charge is 0.191 e. The standard InChI is InChI=1S/C16H25FN4O2/c1-2-18-16(21-11-15-14(17)5-3-7-19-15)20-8-4-9-23-13-6-10-22-12-13/h3,5,7,13H,2,4,6,8-12H2,1H3,(H2,18,20,21). The number of nitrogens with one attached hydrogen (secondary N) is 2. The molecule has 1 saturated heterocycles. The van der Waals surface area contributed by atoms with E-state index in [0.717, 1.165) is 32.5 Å². The monoisotopic (exact) mass is 324 g/mol. The Bertz CT molecular complexity index is 493. The first-order valence-electron chi connectivity index (χ1n) is 8.10. The lowest BCUT2D eigenvalue weighted by atomic mass is 10.3. The molecule has 6 nitrogen and oxygen atoms in total. The fraction of sp³-hybridized carbons (Fsp3) is 0.625. The average Bonchev–Trinajstić information content (AvgIpc) is 3.07. The van der Waals surface area contributed by atoms with Crippen LogP contribution in [0.2, 0.25) is 0 Å². The van der Waals surface area contributed by atoms with Crippen LogP contribution >= 0.6 is 0 Å². The number of ether oxygens (including phenoxy) is 2. The summed E-state index contributed by atoms with van der Waals surface area (Å²) in [6, 6.07) is 2.96. The number of hydrogen-bond acceptors (Lipinski definition) is 4. The van der Waals surface area contributed by atoms with Crippen LogP contribution in [-0.4, -0.2) is 50.0 Å². The van der Waals surface area contributed by atoms with Gasteiger partial charge in [-0.15, -0.1) is 0 Å². The second-order valence-corrected chi connectivity index (χ2v) is 5.26. The van der Waals surface area contributed by atoms with Gasteiger partial charge in [0, 0.05) is 32.5 Å². The number of rotatable bonds is 8. The van der Waals surface area contributed by atoms with Gasteiger partial charge >= 0.3 is 0 Å². The van der Waals surface area contributed by atoms with Crippen LogP contribution in [0.5, 0.6) is 0 Å². The predicted molar refractivity (Wildman–Crippen MR) is 86.8 cm³/mol. The van der Waals surface area contributed by atoms with E-state index in [2.05, 4.69) is 20.6 Å². The van der Waals surface area contributed by atoms with Gasteiger partial charge in [0.15, 0.2) is 5.96 Å². The topological polar surface area (TPSA) is 67.8 Å². The Balaban J connectivity index is 1.70. The number of aliphatic imine (C=N–C) groups is 1. The molecule has 1 aliphatic heterocycles. The fourth-order valence-corrected chi connectivity index (χ4v) is 2.20. The maximum absolute atomic E-state index is 13.5. The molecule has 1 atom stereocenters. The molecular formula is C16H25FN4O2. The molecule has 0 saturated carbocycles. The molecule has 1 aromatic heterocycles. The van der Waals surface area contributed by atoms with Gasteiger partial charge in [0.2, 0.25) is 0 Å². The molecule has 2 N–H and O–H groups in total. The van der Waals surface area contributed by atoms with Crippen LogP contribution in [-0.2, 0) is 16.0 Å². The summed E-state index contributed by atoms with van der Waals surface area (Å²) in [6.07, 6.45) is 3.66. The van der Waals surface area contributed by atoms with Gasteiger partial charge < -0.3 is 20.1 Å². The summed E-state index contributed by atoms with van der Waals surface area (Å²) in [5, 5.41) is 6.35. The first kappa shape index (κ1) is 17.6. The first-order chi connectivity index (χ1) is 11.3. The van der Waals surface area contributed by atoms with E-state index in [1.807, 2.05) is 6.92 Å². The maximum atomic E-state index is 13.5. The van der Waals surface area contributed by atoms with Crippen LogP contribution in [0.15, 0.2) is 23.3 Å². The molecule has 23 heavy (non-hydrogen) atoms. The van der Waals surface area contributed by atoms with Gasteiger partial charge in [0.1, 0.15) is 5.82 Å². The normalized spacial score (nSPS) is 18.2. The van der Waals surface area contributed by atoms with Crippen molar-refractivity contribution in [3.05, 3.63) is 29.8 Å². The van der Waals surface area contributed by atoms with Crippen LogP contribution in [0, 0.1) is 5.82 Å². The highest BCUT2D eigenvalue weighted by molar-refractivity contribution is 5.79. The van der Waals surface area contributed by atoms with Crippen molar-refractivity contribution in [3.8, 4) is 0 Å². The van der Waals surface area contributed by atoms with Crippen molar-refractivity contribution in [3.63, 3.8) is 0 Å². The summed E-state index contributed by atoms with van der Waals surface area (Å²) in [5.41, 5.74) is 0.342. The highest BCUT2D eigenvalue weighted by Crippen LogP contribution is 2.08. The molecule has 0 bridgehead atoms. The fourth-order valence-electron chi connectivity index (χ4n) is 2.20. The van der Waals surface area contributed by atoms with E-state index in [4.69, 9.17) is 9.47 Å². The third-order valence-corrected chi connectivity index (χ3v) is 3.42. The first-order valence-corrected chi connectivity index (χ1v) is 8.10. The highest BCUT2D eigenvalue weighted by atomic mass is 19.1. The Hall–Kier alpha value is -1.73. The second kappa shape index (κ2) is 10.1. The zero-order valence-electron chi connectivity index (χ0n) is 13.6. The minimum Gasteiger partial charge on any atom is -0.379 e. The van der Waals surface area contributed by atoms with Crippen LogP contribution in [0.4, 0.5) is 4.39 Å². The minimum absolute atomic E-state index is 0.206. The molecule has 0 radical (unpaired) electrons. The van der Waals surface area contributed by atoms with Gasteiger partial charge in [-0.3, -0.25) is 4.98 Å². The Morgan fingerprint density at radius 1 is 1.52 bits per heavy atom. The zero-order chi connectivity index (χ0) is 16.3. The molecule has 128 valence electrons. The maximum Gasteiger partial charge on any atom is 0.191 e. The quantitative estimate of drug-likeness (QED) is 0.431. The van der Waals surface area contributed by atoms with Crippen molar-refractivity contribution >= 4 is 5.96 Å². The van der Waals surface area contributed by atoms with E-state index in [0.29, 0.717) is 24.9 Å². The number of pyridine rings is 1. The summed E-state index contributed by atoms with van der Waals surface area (Å²) in [5.74, 6) is 0.320. The zero-order valence-corrected chi connectivity index (χ0v) is 13.6. The van der Waals surface area contributed by atoms with E-state index >= 15 is 0 Å². The number of aromatic nitrogens is 1. The minimum atomic E-state index is -0.334. The highest BCUT2D eigenvalue weighted by Gasteiger charge is 2.15. The summed E-state index contributed by atoms with van der Waals surface area (Å²) >= 11 is 0. The van der Waals surface area contributed by atoms with Gasteiger partial charge in [-0.1, -0.05) is 0 Å². The van der Waals surface area contributed by atoms with E-state index in [1.54, 1.807) is 12.3 Å². The van der Waals surface area contributed by atoms with Crippen LogP contribution in [0.25, 0.3) is 0 Å². The van der Waals surface area contributed by atoms with Crippen molar-refractivity contribution in [1.29, 1.82) is 0 Å². The average molecular weight is 324 g/mol. The lowest BCUT2D eigenvalue weighted by Crippen LogP contribution is -2.38. The predicted octanol–water partition coefficient (Wildman–Crippen LogP) is 1.47. The Kier molecular flexibility index (Phi) is 7.75. The van der Waals surface area contributed by atoms with Crippen molar-refractivity contribution in [2.24, 2.45) is 4.99 Å². The van der Waals surface area contributed by atoms with E-state index in [1.165, 1.54) is 6.07 Å². The summed E-state index contributed by atoms with van der Waals surface area (Å²) in [7, 11) is 0. The van der Waals surface area contributed by atoms with Gasteiger partial charge in [-0.25, -0.2) is 9.38 Å². The molecule has 1 aliphatic rings. The van der Waals surface area contributed by atoms with E-state index < -0.39 is 0 Å². The summed E-state index contributed by atoms with van der Waals surface area (Å²) < 4.78 is 24.5. The lowest BCUT2D eigenvalue weighted by molar-refractivity contribution is 0.0420. The number of hydrogen-bond donors (Lipinski definition) is 2. The molecule has 1 unspecified atom stereocenters. The Labute approximate surface area is 136 Å². The molecule has 7 heteroatoms. The largest absolute Gasteiger partial charge is 0.379 e. The molecule has 2 rings (SSSR count). The van der Waals surface area contributed by atoms with Gasteiger partial charge in [0.25, 0.3) is 0 Å². The van der Waals surface area contributed by atoms with Crippen molar-refractivity contribution in [2.75, 3.05) is 32.9 Å². The van der Waals surface area contributed by atoms with Crippen molar-refractivity contribution < 1.29 is 13.9 Å². The number of halogens is 1. The van der Waals surface area contributed by atoms with E-state index in [-0.39, 0.29) is 18.5 Å². The lowest BCUT2D eigenvalue weighted by Gasteiger charge is -2.13. The van der Waals surface area contributed by atoms with Crippen LogP contribution in [0.1, 0.15) is 25.5 Å². The molecule has 0 aliphatic carbocycles. The summed E-state index contributed by atoms with van der Waals surface area (Å²) in [6.45, 7) is 5.86. The Morgan fingerprint density at radius 2 is 2.43 bits per heavy atom. The number of nitrogens with zero attached hydrogens (tertiary/aromatic N) is 2. The number of guanidine groups is 1. The second-order valence-electron chi connectivity index (χ2n) is 5.26. The van der Waals surface area contributed by atoms with E-state index in [9.17, 15) is 4.39 Å². The van der Waals surface area contributed by atoms with Crippen LogP contribution < -0.4 is 10.6 Å². The van der Waals surface area contributed by atoms with Crippen LogP contribution in [0.3, 0.4) is 0 Å². The van der Waals surface area contributed by atoms with Gasteiger partial charge in [-0.05, 0) is 31.9 Å². The SMILES string of the molecule is CCNC(=NCc1ncccc1F)NCCCOC1CCOC1. The summed E-state index contributed by atoms with van der Waals surface area (Å²) in [4.78, 5) is 8.35. The van der Waals surface area contributed by atoms with Crippen molar-refractivity contribution in [1.82, 2.24) is 15.6 Å². The Morgan fingerprint density at radius 3 is 3.17 bits per heavy atom. The molecule has 0 aromatic carbocycles. The molecule has 2 heterocycles.